The molecule has 1 amide bonds. The molecule has 7 heteroatoms. The topological polar surface area (TPSA) is 109 Å². The summed E-state index contributed by atoms with van der Waals surface area (Å²) in [5.41, 5.74) is 1.21. The van der Waals surface area contributed by atoms with Crippen LogP contribution in [0.15, 0.2) is 63.8 Å². The second-order valence-electron chi connectivity index (χ2n) is 6.52. The van der Waals surface area contributed by atoms with Crippen LogP contribution in [0.3, 0.4) is 0 Å². The maximum Gasteiger partial charge on any atom is 0.336 e. The molecule has 1 aromatic heterocycles. The largest absolute Gasteiger partial charge is 0.548 e. The zero-order valence-corrected chi connectivity index (χ0v) is 15.8. The lowest BCUT2D eigenvalue weighted by molar-refractivity contribution is -0.308. The van der Waals surface area contributed by atoms with Crippen molar-refractivity contribution in [2.75, 3.05) is 6.61 Å². The Balaban J connectivity index is 1.70. The molecule has 2 aromatic carbocycles. The van der Waals surface area contributed by atoms with E-state index in [2.05, 4.69) is 5.32 Å². The molecule has 3 rings (SSSR count). The lowest BCUT2D eigenvalue weighted by Crippen LogP contribution is -2.42. The second-order valence-corrected chi connectivity index (χ2v) is 6.52. The summed E-state index contributed by atoms with van der Waals surface area (Å²) in [6.45, 7) is 1.62. The first-order valence-corrected chi connectivity index (χ1v) is 9.22. The Labute approximate surface area is 166 Å². The lowest BCUT2D eigenvalue weighted by Gasteiger charge is -2.20. The van der Waals surface area contributed by atoms with Crippen LogP contribution >= 0.6 is 0 Å². The highest BCUT2D eigenvalue weighted by Gasteiger charge is 2.16. The van der Waals surface area contributed by atoms with Crippen molar-refractivity contribution in [3.8, 4) is 5.75 Å². The van der Waals surface area contributed by atoms with Crippen LogP contribution in [0.1, 0.15) is 30.5 Å². The fourth-order valence-corrected chi connectivity index (χ4v) is 3.05. The molecule has 1 heterocycles. The molecule has 1 N–H and O–H groups in total. The molecule has 0 aliphatic heterocycles. The monoisotopic (exact) mass is 394 g/mol. The molecule has 150 valence electrons. The molecule has 0 aliphatic rings. The van der Waals surface area contributed by atoms with Gasteiger partial charge in [-0.05, 0) is 29.7 Å². The van der Waals surface area contributed by atoms with Crippen LogP contribution in [0.5, 0.6) is 5.75 Å². The van der Waals surface area contributed by atoms with E-state index in [-0.39, 0.29) is 0 Å². The number of benzene rings is 2. The number of carboxylic acid groups (broad SMARTS) is 1. The predicted molar refractivity (Wildman–Crippen MR) is 104 cm³/mol. The predicted octanol–water partition coefficient (Wildman–Crippen LogP) is 1.73. The maximum atomic E-state index is 12.2. The minimum atomic E-state index is -1.42. The fraction of sp³-hybridized carbons (Fsp3) is 0.227. The molecule has 0 aliphatic carbocycles. The molecule has 0 fully saturated rings. The van der Waals surface area contributed by atoms with E-state index in [0.717, 1.165) is 23.8 Å². The number of carbonyl (C=O) groups excluding carboxylic acids is 2. The minimum absolute atomic E-state index is 0.328. The Morgan fingerprint density at radius 2 is 1.90 bits per heavy atom. The van der Waals surface area contributed by atoms with Gasteiger partial charge in [0.25, 0.3) is 5.91 Å². The smallest absolute Gasteiger partial charge is 0.336 e. The van der Waals surface area contributed by atoms with Crippen LogP contribution in [0.4, 0.5) is 0 Å². The van der Waals surface area contributed by atoms with E-state index in [9.17, 15) is 19.5 Å². The van der Waals surface area contributed by atoms with Crippen LogP contribution in [0.25, 0.3) is 11.0 Å². The summed E-state index contributed by atoms with van der Waals surface area (Å²) in [5, 5.41) is 14.5. The standard InChI is InChI=1S/C22H21NO6/c1-2-6-15-11-20(25)29-18-12-16(9-10-17(15)18)28-13-19(24)23-21(22(26)27)14-7-4-3-5-8-14/h3-5,7-12,21H,2,6,13H2,1H3,(H,23,24)(H,26,27)/p-1/t21-/m0/s1. The number of aliphatic carboxylic acids is 1. The van der Waals surface area contributed by atoms with Crippen LogP contribution in [0.2, 0.25) is 0 Å². The lowest BCUT2D eigenvalue weighted by atomic mass is 10.1. The molecule has 0 spiro atoms. The molecule has 29 heavy (non-hydrogen) atoms. The van der Waals surface area contributed by atoms with E-state index in [1.165, 1.54) is 12.1 Å². The van der Waals surface area contributed by atoms with Gasteiger partial charge in [0.1, 0.15) is 11.3 Å². The minimum Gasteiger partial charge on any atom is -0.548 e. The Bertz CT molecular complexity index is 1070. The van der Waals surface area contributed by atoms with Crippen molar-refractivity contribution in [3.05, 3.63) is 76.1 Å². The first-order chi connectivity index (χ1) is 14.0. The molecule has 1 atom stereocenters. The van der Waals surface area contributed by atoms with Gasteiger partial charge in [-0.25, -0.2) is 4.79 Å². The third kappa shape index (κ3) is 5.01. The van der Waals surface area contributed by atoms with Gasteiger partial charge in [-0.2, -0.15) is 0 Å². The van der Waals surface area contributed by atoms with Gasteiger partial charge in [0.2, 0.25) is 0 Å². The van der Waals surface area contributed by atoms with Crippen molar-refractivity contribution in [2.24, 2.45) is 0 Å². The number of hydrogen-bond acceptors (Lipinski definition) is 6. The van der Waals surface area contributed by atoms with Gasteiger partial charge in [0.15, 0.2) is 6.61 Å². The van der Waals surface area contributed by atoms with Gasteiger partial charge in [0, 0.05) is 17.5 Å². The molecule has 0 bridgehead atoms. The number of rotatable bonds is 8. The van der Waals surface area contributed by atoms with Crippen LogP contribution in [0, 0.1) is 0 Å². The number of carboxylic acids is 1. The van der Waals surface area contributed by atoms with E-state index in [1.807, 2.05) is 6.92 Å². The second kappa shape index (κ2) is 9.05. The third-order valence-electron chi connectivity index (χ3n) is 4.36. The van der Waals surface area contributed by atoms with Gasteiger partial charge in [-0.1, -0.05) is 43.7 Å². The highest BCUT2D eigenvalue weighted by molar-refractivity contribution is 5.85. The molecule has 7 nitrogen and oxygen atoms in total. The van der Waals surface area contributed by atoms with Crippen molar-refractivity contribution in [1.82, 2.24) is 5.32 Å². The first kappa shape index (κ1) is 20.1. The SMILES string of the molecule is CCCc1cc(=O)oc2cc(OCC(=O)N[C@H](C(=O)[O-])c3ccccc3)ccc12. The number of amides is 1. The first-order valence-electron chi connectivity index (χ1n) is 9.22. The number of fused-ring (bicyclic) bond motifs is 1. The van der Waals surface area contributed by atoms with E-state index in [1.54, 1.807) is 42.5 Å². The van der Waals surface area contributed by atoms with Gasteiger partial charge in [-0.3, -0.25) is 4.79 Å². The average Bonchev–Trinajstić information content (AvgIpc) is 2.70. The fourth-order valence-electron chi connectivity index (χ4n) is 3.05. The average molecular weight is 394 g/mol. The molecular formula is C22H20NO6-. The molecule has 0 saturated heterocycles. The maximum absolute atomic E-state index is 12.2. The van der Waals surface area contributed by atoms with Gasteiger partial charge >= 0.3 is 5.63 Å². The summed E-state index contributed by atoms with van der Waals surface area (Å²) >= 11 is 0. The van der Waals surface area contributed by atoms with Crippen molar-refractivity contribution >= 4 is 22.8 Å². The van der Waals surface area contributed by atoms with Crippen molar-refractivity contribution in [3.63, 3.8) is 0 Å². The Morgan fingerprint density at radius 1 is 1.14 bits per heavy atom. The highest BCUT2D eigenvalue weighted by Crippen LogP contribution is 2.23. The molecule has 3 aromatic rings. The summed E-state index contributed by atoms with van der Waals surface area (Å²) in [4.78, 5) is 35.3. The number of ether oxygens (including phenoxy) is 1. The Morgan fingerprint density at radius 3 is 2.59 bits per heavy atom. The van der Waals surface area contributed by atoms with E-state index < -0.39 is 30.2 Å². The normalized spacial score (nSPS) is 11.8. The van der Waals surface area contributed by atoms with Crippen LogP contribution in [-0.4, -0.2) is 18.5 Å². The van der Waals surface area contributed by atoms with E-state index in [4.69, 9.17) is 9.15 Å². The molecule has 0 saturated carbocycles. The van der Waals surface area contributed by atoms with Gasteiger partial charge in [-0.15, -0.1) is 0 Å². The summed E-state index contributed by atoms with van der Waals surface area (Å²) in [7, 11) is 0. The summed E-state index contributed by atoms with van der Waals surface area (Å²) in [5.74, 6) is -1.71. The molecule has 0 unspecified atom stereocenters. The van der Waals surface area contributed by atoms with E-state index in [0.29, 0.717) is 16.9 Å². The van der Waals surface area contributed by atoms with Crippen molar-refractivity contribution in [1.29, 1.82) is 0 Å². The van der Waals surface area contributed by atoms with Crippen molar-refractivity contribution < 1.29 is 23.8 Å². The summed E-state index contributed by atoms with van der Waals surface area (Å²) in [6, 6.07) is 13.4. The quantitative estimate of drug-likeness (QED) is 0.583. The van der Waals surface area contributed by atoms with E-state index >= 15 is 0 Å². The highest BCUT2D eigenvalue weighted by atomic mass is 16.5. The third-order valence-corrected chi connectivity index (χ3v) is 4.36. The van der Waals surface area contributed by atoms with Crippen molar-refractivity contribution in [2.45, 2.75) is 25.8 Å². The summed E-state index contributed by atoms with van der Waals surface area (Å²) < 4.78 is 10.7. The Kier molecular flexibility index (Phi) is 6.29. The number of aryl methyl sites for hydroxylation is 1. The Hall–Kier alpha value is -3.61. The van der Waals surface area contributed by atoms with Gasteiger partial charge < -0.3 is 24.4 Å². The van der Waals surface area contributed by atoms with Gasteiger partial charge in [0.05, 0.1) is 12.0 Å². The van der Waals surface area contributed by atoms with Crippen LogP contribution < -0.4 is 20.8 Å². The number of carbonyl (C=O) groups is 2. The zero-order chi connectivity index (χ0) is 20.8. The molecule has 0 radical (unpaired) electrons. The van der Waals surface area contributed by atoms with Crippen LogP contribution in [-0.2, 0) is 16.0 Å². The number of hydrogen-bond donors (Lipinski definition) is 1. The summed E-state index contributed by atoms with van der Waals surface area (Å²) in [6.07, 6.45) is 1.63. The number of nitrogens with one attached hydrogen (secondary N) is 1. The zero-order valence-electron chi connectivity index (χ0n) is 15.8. The molecular weight excluding hydrogens is 374 g/mol.